The fourth-order valence-corrected chi connectivity index (χ4v) is 3.91. The molecule has 0 aliphatic carbocycles. The van der Waals surface area contributed by atoms with E-state index in [9.17, 15) is 23.3 Å². The minimum absolute atomic E-state index is 0.0799. The summed E-state index contributed by atoms with van der Waals surface area (Å²) in [5, 5.41) is 10.6. The highest BCUT2D eigenvalue weighted by atomic mass is 32.2. The SMILES string of the molecule is O=C(Oc1ccc([N+](=O)[O-])cc1)c1ccc(S(=O)(=O)N2CCOCC2)cc1. The number of non-ortho nitro benzene ring substituents is 1. The lowest BCUT2D eigenvalue weighted by atomic mass is 10.2. The maximum absolute atomic E-state index is 12.5. The van der Waals surface area contributed by atoms with Crippen LogP contribution in [0.25, 0.3) is 0 Å². The van der Waals surface area contributed by atoms with Gasteiger partial charge < -0.3 is 9.47 Å². The van der Waals surface area contributed by atoms with Crippen LogP contribution in [0, 0.1) is 10.1 Å². The maximum atomic E-state index is 12.5. The Morgan fingerprint density at radius 2 is 1.63 bits per heavy atom. The van der Waals surface area contributed by atoms with Gasteiger partial charge in [0.1, 0.15) is 5.75 Å². The van der Waals surface area contributed by atoms with Crippen LogP contribution in [0.15, 0.2) is 53.4 Å². The number of sulfonamides is 1. The van der Waals surface area contributed by atoms with E-state index in [2.05, 4.69) is 0 Å². The molecule has 3 rings (SSSR count). The molecule has 0 amide bonds. The lowest BCUT2D eigenvalue weighted by molar-refractivity contribution is -0.384. The van der Waals surface area contributed by atoms with Gasteiger partial charge in [-0.3, -0.25) is 10.1 Å². The summed E-state index contributed by atoms with van der Waals surface area (Å²) in [5.74, 6) is -0.546. The van der Waals surface area contributed by atoms with Gasteiger partial charge in [0.25, 0.3) is 5.69 Å². The Labute approximate surface area is 155 Å². The van der Waals surface area contributed by atoms with Crippen LogP contribution < -0.4 is 4.74 Å². The van der Waals surface area contributed by atoms with Crippen LogP contribution in [0.5, 0.6) is 5.75 Å². The van der Waals surface area contributed by atoms with Crippen molar-refractivity contribution in [2.45, 2.75) is 4.90 Å². The summed E-state index contributed by atoms with van der Waals surface area (Å²) < 4.78 is 36.7. The molecule has 1 aliphatic heterocycles. The Morgan fingerprint density at radius 3 is 2.19 bits per heavy atom. The molecule has 0 bridgehead atoms. The van der Waals surface area contributed by atoms with E-state index >= 15 is 0 Å². The van der Waals surface area contributed by atoms with Gasteiger partial charge in [-0.05, 0) is 36.4 Å². The highest BCUT2D eigenvalue weighted by Crippen LogP contribution is 2.20. The number of ether oxygens (including phenoxy) is 2. The average molecular weight is 392 g/mol. The maximum Gasteiger partial charge on any atom is 0.343 e. The second-order valence-corrected chi connectivity index (χ2v) is 7.62. The number of nitrogens with zero attached hydrogens (tertiary/aromatic N) is 2. The number of benzene rings is 2. The van der Waals surface area contributed by atoms with Crippen molar-refractivity contribution in [1.82, 2.24) is 4.31 Å². The number of nitro groups is 1. The van der Waals surface area contributed by atoms with Gasteiger partial charge >= 0.3 is 5.97 Å². The van der Waals surface area contributed by atoms with Gasteiger partial charge in [-0.1, -0.05) is 0 Å². The minimum Gasteiger partial charge on any atom is -0.423 e. The third-order valence-corrected chi connectivity index (χ3v) is 5.87. The predicted molar refractivity (Wildman–Crippen MR) is 94.1 cm³/mol. The third-order valence-electron chi connectivity index (χ3n) is 3.96. The van der Waals surface area contributed by atoms with Crippen LogP contribution in [0.2, 0.25) is 0 Å². The molecule has 0 N–H and O–H groups in total. The topological polar surface area (TPSA) is 116 Å². The molecule has 1 fully saturated rings. The van der Waals surface area contributed by atoms with E-state index < -0.39 is 20.9 Å². The Hall–Kier alpha value is -2.82. The van der Waals surface area contributed by atoms with E-state index in [-0.39, 0.29) is 35.0 Å². The van der Waals surface area contributed by atoms with Crippen molar-refractivity contribution in [1.29, 1.82) is 0 Å². The number of nitro benzene ring substituents is 1. The Morgan fingerprint density at radius 1 is 1.04 bits per heavy atom. The van der Waals surface area contributed by atoms with Gasteiger partial charge in [0, 0.05) is 25.2 Å². The van der Waals surface area contributed by atoms with E-state index in [0.29, 0.717) is 13.2 Å². The van der Waals surface area contributed by atoms with Gasteiger partial charge in [0.05, 0.1) is 28.6 Å². The molecule has 0 saturated carbocycles. The van der Waals surface area contributed by atoms with E-state index in [1.807, 2.05) is 0 Å². The molecule has 1 saturated heterocycles. The Kier molecular flexibility index (Phi) is 5.49. The van der Waals surface area contributed by atoms with Crippen LogP contribution in [0.1, 0.15) is 10.4 Å². The highest BCUT2D eigenvalue weighted by Gasteiger charge is 2.26. The van der Waals surface area contributed by atoms with Crippen molar-refractivity contribution < 1.29 is 27.6 Å². The summed E-state index contributed by atoms with van der Waals surface area (Å²) in [6.07, 6.45) is 0. The van der Waals surface area contributed by atoms with E-state index in [1.165, 1.54) is 52.8 Å². The van der Waals surface area contributed by atoms with Gasteiger partial charge in [0.2, 0.25) is 10.0 Å². The van der Waals surface area contributed by atoms with Crippen LogP contribution >= 0.6 is 0 Å². The molecule has 0 radical (unpaired) electrons. The summed E-state index contributed by atoms with van der Waals surface area (Å²) in [6.45, 7) is 1.26. The van der Waals surface area contributed by atoms with Gasteiger partial charge in [0.15, 0.2) is 0 Å². The fraction of sp³-hybridized carbons (Fsp3) is 0.235. The first kappa shape index (κ1) is 19.0. The third kappa shape index (κ3) is 4.30. The number of esters is 1. The number of rotatable bonds is 5. The van der Waals surface area contributed by atoms with E-state index in [4.69, 9.17) is 9.47 Å². The van der Waals surface area contributed by atoms with E-state index in [0.717, 1.165) is 0 Å². The highest BCUT2D eigenvalue weighted by molar-refractivity contribution is 7.89. The molecule has 2 aromatic carbocycles. The lowest BCUT2D eigenvalue weighted by Gasteiger charge is -2.26. The first-order chi connectivity index (χ1) is 12.9. The molecule has 0 atom stereocenters. The number of carbonyl (C=O) groups excluding carboxylic acids is 1. The number of hydrogen-bond donors (Lipinski definition) is 0. The van der Waals surface area contributed by atoms with E-state index in [1.54, 1.807) is 0 Å². The largest absolute Gasteiger partial charge is 0.423 e. The van der Waals surface area contributed by atoms with Crippen LogP contribution in [0.3, 0.4) is 0 Å². The summed E-state index contributed by atoms with van der Waals surface area (Å²) in [6, 6.07) is 10.5. The molecule has 0 spiro atoms. The second kappa shape index (κ2) is 7.82. The van der Waals surface area contributed by atoms with Crippen LogP contribution in [-0.4, -0.2) is 49.9 Å². The van der Waals surface area contributed by atoms with Gasteiger partial charge in [-0.25, -0.2) is 13.2 Å². The molecule has 0 unspecified atom stereocenters. The van der Waals surface area contributed by atoms with Crippen molar-refractivity contribution in [2.75, 3.05) is 26.3 Å². The molecule has 1 heterocycles. The zero-order chi connectivity index (χ0) is 19.4. The predicted octanol–water partition coefficient (Wildman–Crippen LogP) is 1.83. The minimum atomic E-state index is -3.64. The lowest BCUT2D eigenvalue weighted by Crippen LogP contribution is -2.40. The summed E-state index contributed by atoms with van der Waals surface area (Å²) in [5.41, 5.74) is 0.0433. The monoisotopic (exact) mass is 392 g/mol. The van der Waals surface area contributed by atoms with Gasteiger partial charge in [-0.15, -0.1) is 0 Å². The molecule has 10 heteroatoms. The number of carbonyl (C=O) groups is 1. The van der Waals surface area contributed by atoms with Crippen molar-refractivity contribution in [3.05, 3.63) is 64.2 Å². The normalized spacial score (nSPS) is 15.3. The Bertz CT molecular complexity index is 934. The molecule has 9 nitrogen and oxygen atoms in total. The summed E-state index contributed by atoms with van der Waals surface area (Å²) in [7, 11) is -3.64. The molecule has 2 aromatic rings. The van der Waals surface area contributed by atoms with Crippen LogP contribution in [-0.2, 0) is 14.8 Å². The van der Waals surface area contributed by atoms with Crippen molar-refractivity contribution in [3.63, 3.8) is 0 Å². The molecule has 27 heavy (non-hydrogen) atoms. The standard InChI is InChI=1S/C17H16N2O7S/c20-17(26-15-5-3-14(4-6-15)19(21)22)13-1-7-16(8-2-13)27(23,24)18-9-11-25-12-10-18/h1-8H,9-12H2. The first-order valence-electron chi connectivity index (χ1n) is 8.02. The zero-order valence-corrected chi connectivity index (χ0v) is 14.9. The van der Waals surface area contributed by atoms with Crippen molar-refractivity contribution in [2.24, 2.45) is 0 Å². The number of morpholine rings is 1. The Balaban J connectivity index is 1.70. The van der Waals surface area contributed by atoms with Gasteiger partial charge in [-0.2, -0.15) is 4.31 Å². The molecular formula is C17H16N2O7S. The van der Waals surface area contributed by atoms with Crippen molar-refractivity contribution >= 4 is 21.7 Å². The van der Waals surface area contributed by atoms with Crippen molar-refractivity contribution in [3.8, 4) is 5.75 Å². The molecule has 1 aliphatic rings. The quantitative estimate of drug-likeness (QED) is 0.330. The fourth-order valence-electron chi connectivity index (χ4n) is 2.50. The smallest absolute Gasteiger partial charge is 0.343 e. The molecule has 0 aromatic heterocycles. The summed E-state index contributed by atoms with van der Waals surface area (Å²) in [4.78, 5) is 22.3. The molecular weight excluding hydrogens is 376 g/mol. The molecule has 142 valence electrons. The summed E-state index contributed by atoms with van der Waals surface area (Å²) >= 11 is 0. The zero-order valence-electron chi connectivity index (χ0n) is 14.1. The van der Waals surface area contributed by atoms with Crippen LogP contribution in [0.4, 0.5) is 5.69 Å². The first-order valence-corrected chi connectivity index (χ1v) is 9.46. The number of hydrogen-bond acceptors (Lipinski definition) is 7. The average Bonchev–Trinajstić information content (AvgIpc) is 2.69. The second-order valence-electron chi connectivity index (χ2n) is 5.68.